The lowest BCUT2D eigenvalue weighted by Gasteiger charge is -2.24. The molecule has 1 aromatic rings. The summed E-state index contributed by atoms with van der Waals surface area (Å²) >= 11 is 0. The Morgan fingerprint density at radius 1 is 1.27 bits per heavy atom. The molecule has 22 heavy (non-hydrogen) atoms. The predicted molar refractivity (Wildman–Crippen MR) is 88.9 cm³/mol. The number of allylic oxidation sites excluding steroid dienone is 1. The molecular formula is C18H25NO3. The molecule has 0 N–H and O–H groups in total. The van der Waals surface area contributed by atoms with Gasteiger partial charge in [-0.05, 0) is 38.3 Å². The summed E-state index contributed by atoms with van der Waals surface area (Å²) in [5, 5.41) is 0. The molecule has 4 heteroatoms. The Bertz CT molecular complexity index is 543. The van der Waals surface area contributed by atoms with E-state index >= 15 is 0 Å². The lowest BCUT2D eigenvalue weighted by atomic mass is 10.0. The van der Waals surface area contributed by atoms with Gasteiger partial charge in [0, 0.05) is 24.7 Å². The summed E-state index contributed by atoms with van der Waals surface area (Å²) in [7, 11) is 1.79. The molecule has 4 nitrogen and oxygen atoms in total. The van der Waals surface area contributed by atoms with Gasteiger partial charge in [0.25, 0.3) is 0 Å². The molecule has 1 unspecified atom stereocenters. The van der Waals surface area contributed by atoms with E-state index in [-0.39, 0.29) is 17.8 Å². The minimum absolute atomic E-state index is 0.0332. The smallest absolute Gasteiger partial charge is 0.330 e. The average Bonchev–Trinajstić information content (AvgIpc) is 2.46. The van der Waals surface area contributed by atoms with E-state index in [1.165, 1.54) is 6.08 Å². The summed E-state index contributed by atoms with van der Waals surface area (Å²) in [4.78, 5) is 25.5. The van der Waals surface area contributed by atoms with Crippen molar-refractivity contribution in [3.8, 4) is 0 Å². The van der Waals surface area contributed by atoms with Gasteiger partial charge in [-0.3, -0.25) is 4.79 Å². The number of carbonyl (C=O) groups excluding carboxylic acids is 2. The Balaban J connectivity index is 2.72. The fourth-order valence-electron chi connectivity index (χ4n) is 2.44. The normalized spacial score (nSPS) is 12.2. The number of aryl methyl sites for hydroxylation is 2. The number of ether oxygens (including phenoxy) is 1. The van der Waals surface area contributed by atoms with Gasteiger partial charge < -0.3 is 9.64 Å². The molecule has 1 amide bonds. The largest absolute Gasteiger partial charge is 0.463 e. The average molecular weight is 303 g/mol. The van der Waals surface area contributed by atoms with Crippen LogP contribution in [0.5, 0.6) is 0 Å². The molecule has 0 heterocycles. The van der Waals surface area contributed by atoms with Gasteiger partial charge in [0.2, 0.25) is 5.91 Å². The lowest BCUT2D eigenvalue weighted by Crippen LogP contribution is -2.32. The summed E-state index contributed by atoms with van der Waals surface area (Å²) in [5.74, 6) is -0.536. The minimum Gasteiger partial charge on any atom is -0.463 e. The number of carbonyl (C=O) groups is 2. The van der Waals surface area contributed by atoms with Gasteiger partial charge >= 0.3 is 5.97 Å². The Morgan fingerprint density at radius 3 is 2.41 bits per heavy atom. The third-order valence-corrected chi connectivity index (χ3v) is 3.56. The maximum Gasteiger partial charge on any atom is 0.330 e. The maximum absolute atomic E-state index is 12.5. The van der Waals surface area contributed by atoms with Crippen molar-refractivity contribution in [2.45, 2.75) is 34.1 Å². The first-order valence-electron chi connectivity index (χ1n) is 7.55. The third-order valence-electron chi connectivity index (χ3n) is 3.56. The highest BCUT2D eigenvalue weighted by atomic mass is 16.5. The van der Waals surface area contributed by atoms with Crippen LogP contribution in [-0.2, 0) is 14.3 Å². The van der Waals surface area contributed by atoms with Crippen LogP contribution in [0.4, 0.5) is 5.69 Å². The molecule has 0 aromatic heterocycles. The van der Waals surface area contributed by atoms with Gasteiger partial charge in [0.15, 0.2) is 0 Å². The molecule has 1 aromatic carbocycles. The number of esters is 1. The number of hydrogen-bond donors (Lipinski definition) is 0. The first-order valence-corrected chi connectivity index (χ1v) is 7.55. The topological polar surface area (TPSA) is 46.6 Å². The van der Waals surface area contributed by atoms with Crippen molar-refractivity contribution in [3.05, 3.63) is 41.5 Å². The number of hydrogen-bond acceptors (Lipinski definition) is 3. The van der Waals surface area contributed by atoms with Crippen LogP contribution in [0.2, 0.25) is 0 Å². The van der Waals surface area contributed by atoms with Crippen LogP contribution in [0.15, 0.2) is 30.4 Å². The number of para-hydroxylation sites is 1. The van der Waals surface area contributed by atoms with Crippen LogP contribution in [-0.4, -0.2) is 25.5 Å². The second-order valence-corrected chi connectivity index (χ2v) is 5.43. The molecule has 0 saturated carbocycles. The molecule has 0 spiro atoms. The van der Waals surface area contributed by atoms with Crippen LogP contribution in [0, 0.1) is 19.8 Å². The quantitative estimate of drug-likeness (QED) is 0.597. The highest BCUT2D eigenvalue weighted by Gasteiger charge is 2.20. The molecule has 1 atom stereocenters. The van der Waals surface area contributed by atoms with E-state index in [1.54, 1.807) is 24.9 Å². The van der Waals surface area contributed by atoms with E-state index in [0.717, 1.165) is 16.8 Å². The standard InChI is InChI=1S/C18H25NO3/c1-6-22-16(20)12-8-11-15(4)18(21)19(5)17-13(2)9-7-10-14(17)3/h7-10,12,15H,6,11H2,1-5H3/b12-8+. The van der Waals surface area contributed by atoms with Gasteiger partial charge in [0.1, 0.15) is 0 Å². The van der Waals surface area contributed by atoms with Crippen LogP contribution >= 0.6 is 0 Å². The first-order chi connectivity index (χ1) is 10.4. The van der Waals surface area contributed by atoms with Crippen LogP contribution in [0.3, 0.4) is 0 Å². The molecule has 0 saturated heterocycles. The van der Waals surface area contributed by atoms with E-state index in [4.69, 9.17) is 4.74 Å². The second-order valence-electron chi connectivity index (χ2n) is 5.43. The van der Waals surface area contributed by atoms with E-state index in [9.17, 15) is 9.59 Å². The number of benzene rings is 1. The Kier molecular flexibility index (Phi) is 6.83. The van der Waals surface area contributed by atoms with Crippen molar-refractivity contribution < 1.29 is 14.3 Å². The van der Waals surface area contributed by atoms with Gasteiger partial charge in [-0.1, -0.05) is 31.2 Å². The fourth-order valence-corrected chi connectivity index (χ4v) is 2.44. The highest BCUT2D eigenvalue weighted by Crippen LogP contribution is 2.25. The molecule has 120 valence electrons. The Morgan fingerprint density at radius 2 is 1.86 bits per heavy atom. The zero-order valence-electron chi connectivity index (χ0n) is 14.1. The highest BCUT2D eigenvalue weighted by molar-refractivity contribution is 5.96. The molecule has 0 fully saturated rings. The van der Waals surface area contributed by atoms with E-state index in [2.05, 4.69) is 0 Å². The number of rotatable bonds is 6. The third kappa shape index (κ3) is 4.72. The monoisotopic (exact) mass is 303 g/mol. The molecule has 1 rings (SSSR count). The summed E-state index contributed by atoms with van der Waals surface area (Å²) in [6, 6.07) is 5.98. The van der Waals surface area contributed by atoms with Crippen molar-refractivity contribution in [1.29, 1.82) is 0 Å². The lowest BCUT2D eigenvalue weighted by molar-refractivity contribution is -0.137. The van der Waals surface area contributed by atoms with Gasteiger partial charge in [-0.2, -0.15) is 0 Å². The van der Waals surface area contributed by atoms with Crippen LogP contribution in [0.25, 0.3) is 0 Å². The van der Waals surface area contributed by atoms with E-state index in [0.29, 0.717) is 13.0 Å². The maximum atomic E-state index is 12.5. The summed E-state index contributed by atoms with van der Waals surface area (Å²) in [5.41, 5.74) is 3.10. The summed E-state index contributed by atoms with van der Waals surface area (Å²) in [6.07, 6.45) is 3.58. The molecule has 0 aliphatic rings. The van der Waals surface area contributed by atoms with Gasteiger partial charge in [0.05, 0.1) is 6.61 Å². The molecule has 0 radical (unpaired) electrons. The van der Waals surface area contributed by atoms with Crippen LogP contribution in [0.1, 0.15) is 31.4 Å². The number of nitrogens with zero attached hydrogens (tertiary/aromatic N) is 1. The summed E-state index contributed by atoms with van der Waals surface area (Å²) < 4.78 is 4.81. The van der Waals surface area contributed by atoms with E-state index < -0.39 is 0 Å². The summed E-state index contributed by atoms with van der Waals surface area (Å²) in [6.45, 7) is 7.97. The first kappa shape index (κ1) is 18.0. The van der Waals surface area contributed by atoms with E-state index in [1.807, 2.05) is 39.0 Å². The molecule has 0 bridgehead atoms. The zero-order chi connectivity index (χ0) is 16.7. The Labute approximate surface area is 132 Å². The van der Waals surface area contributed by atoms with Crippen molar-refractivity contribution >= 4 is 17.6 Å². The predicted octanol–water partition coefficient (Wildman–Crippen LogP) is 3.41. The Hall–Kier alpha value is -2.10. The molecular weight excluding hydrogens is 278 g/mol. The van der Waals surface area contributed by atoms with Gasteiger partial charge in [-0.15, -0.1) is 0 Å². The van der Waals surface area contributed by atoms with Gasteiger partial charge in [-0.25, -0.2) is 4.79 Å². The second kappa shape index (κ2) is 8.37. The fraction of sp³-hybridized carbons (Fsp3) is 0.444. The minimum atomic E-state index is -0.370. The SMILES string of the molecule is CCOC(=O)/C=C/CC(C)C(=O)N(C)c1c(C)cccc1C. The van der Waals surface area contributed by atoms with Crippen molar-refractivity contribution in [3.63, 3.8) is 0 Å². The number of amides is 1. The number of anilines is 1. The zero-order valence-corrected chi connectivity index (χ0v) is 14.1. The molecule has 0 aliphatic carbocycles. The van der Waals surface area contributed by atoms with Crippen LogP contribution < -0.4 is 4.90 Å². The van der Waals surface area contributed by atoms with Crippen molar-refractivity contribution in [2.75, 3.05) is 18.6 Å². The van der Waals surface area contributed by atoms with Crippen molar-refractivity contribution in [2.24, 2.45) is 5.92 Å². The molecule has 0 aliphatic heterocycles. The van der Waals surface area contributed by atoms with Crippen molar-refractivity contribution in [1.82, 2.24) is 0 Å².